The van der Waals surface area contributed by atoms with Gasteiger partial charge in [0.1, 0.15) is 0 Å². The summed E-state index contributed by atoms with van der Waals surface area (Å²) in [5.41, 5.74) is 2.79. The Morgan fingerprint density at radius 2 is 1.82 bits per heavy atom. The molecule has 1 aliphatic rings. The van der Waals surface area contributed by atoms with Crippen LogP contribution in [0.2, 0.25) is 0 Å². The molecule has 6 N–H and O–H groups in total. The highest BCUT2D eigenvalue weighted by Crippen LogP contribution is 2.50. The van der Waals surface area contributed by atoms with Crippen molar-refractivity contribution in [1.82, 2.24) is 10.6 Å². The summed E-state index contributed by atoms with van der Waals surface area (Å²) in [5.74, 6) is 0.00835. The highest BCUT2D eigenvalue weighted by molar-refractivity contribution is 8.25. The van der Waals surface area contributed by atoms with E-state index in [0.717, 1.165) is 24.1 Å². The molecule has 2 aromatic rings. The fourth-order valence-electron chi connectivity index (χ4n) is 4.45. The summed E-state index contributed by atoms with van der Waals surface area (Å²) in [6.07, 6.45) is 1.29. The molecule has 2 aromatic carbocycles. The maximum atomic E-state index is 13.6. The summed E-state index contributed by atoms with van der Waals surface area (Å²) in [6.45, 7) is 12.0. The van der Waals surface area contributed by atoms with Gasteiger partial charge in [0.25, 0.3) is 5.91 Å². The molecule has 0 saturated carbocycles. The van der Waals surface area contributed by atoms with Crippen LogP contribution in [0.5, 0.6) is 0 Å². The maximum absolute atomic E-state index is 13.6. The third-order valence-corrected chi connectivity index (χ3v) is 9.18. The van der Waals surface area contributed by atoms with Gasteiger partial charge in [0.05, 0.1) is 23.6 Å². The van der Waals surface area contributed by atoms with E-state index in [1.54, 1.807) is 16.4 Å². The van der Waals surface area contributed by atoms with E-state index in [9.17, 15) is 19.0 Å². The largest absolute Gasteiger partial charge is 0.390 e. The zero-order valence-electron chi connectivity index (χ0n) is 23.4. The molecule has 212 valence electrons. The summed E-state index contributed by atoms with van der Waals surface area (Å²) < 4.78 is 23.0. The van der Waals surface area contributed by atoms with Crippen LogP contribution in [0, 0.1) is 5.41 Å². The Morgan fingerprint density at radius 3 is 2.45 bits per heavy atom. The van der Waals surface area contributed by atoms with E-state index in [2.05, 4.69) is 43.6 Å². The molecule has 1 heterocycles. The Kier molecular flexibility index (Phi) is 10.5. The molecule has 8 nitrogen and oxygen atoms in total. The Labute approximate surface area is 229 Å². The molecule has 1 amide bonds. The van der Waals surface area contributed by atoms with Crippen molar-refractivity contribution in [3.05, 3.63) is 59.7 Å². The smallest absolute Gasteiger partial charge is 0.251 e. The van der Waals surface area contributed by atoms with E-state index in [0.29, 0.717) is 43.1 Å². The van der Waals surface area contributed by atoms with Crippen molar-refractivity contribution >= 4 is 28.1 Å². The van der Waals surface area contributed by atoms with Crippen LogP contribution in [-0.2, 0) is 6.42 Å². The molecule has 0 aromatic heterocycles. The summed E-state index contributed by atoms with van der Waals surface area (Å²) in [7, 11) is -2.93. The number of aliphatic hydroxyl groups is 1. The van der Waals surface area contributed by atoms with Gasteiger partial charge in [0.15, 0.2) is 0 Å². The number of nitrogens with one attached hydrogen (secondary N) is 3. The van der Waals surface area contributed by atoms with Crippen molar-refractivity contribution in [1.29, 1.82) is 0 Å². The third kappa shape index (κ3) is 8.35. The first kappa shape index (κ1) is 30.2. The minimum Gasteiger partial charge on any atom is -0.390 e. The zero-order chi connectivity index (χ0) is 27.9. The highest BCUT2D eigenvalue weighted by Gasteiger charge is 2.29. The number of hydrogen-bond donors (Lipinski definition) is 6. The molecule has 1 saturated heterocycles. The van der Waals surface area contributed by atoms with E-state index >= 15 is 0 Å². The fourth-order valence-corrected chi connectivity index (χ4v) is 6.12. The fraction of sp³-hybridized carbons (Fsp3) is 0.552. The van der Waals surface area contributed by atoms with Crippen LogP contribution < -0.4 is 20.3 Å². The minimum absolute atomic E-state index is 0.0338. The van der Waals surface area contributed by atoms with Crippen molar-refractivity contribution < 1.29 is 19.0 Å². The number of rotatable bonds is 11. The van der Waals surface area contributed by atoms with Crippen LogP contribution in [0.15, 0.2) is 48.5 Å². The third-order valence-electron chi connectivity index (χ3n) is 7.24. The number of carbonyl (C=O) groups is 1. The van der Waals surface area contributed by atoms with Crippen molar-refractivity contribution in [2.24, 2.45) is 5.41 Å². The summed E-state index contributed by atoms with van der Waals surface area (Å²) in [4.78, 5) is 13.6. The van der Waals surface area contributed by atoms with Crippen LogP contribution in [0.1, 0.15) is 63.4 Å². The molecular weight excluding hydrogens is 500 g/mol. The molecular formula is C29H46N4O4S. The van der Waals surface area contributed by atoms with Crippen molar-refractivity contribution in [2.75, 3.05) is 35.0 Å². The lowest BCUT2D eigenvalue weighted by Crippen LogP contribution is -2.51. The Balaban J connectivity index is 1.85. The molecule has 9 heteroatoms. The first-order chi connectivity index (χ1) is 17.9. The Morgan fingerprint density at radius 1 is 1.11 bits per heavy atom. The molecule has 0 bridgehead atoms. The maximum Gasteiger partial charge on any atom is 0.251 e. The van der Waals surface area contributed by atoms with E-state index in [4.69, 9.17) is 0 Å². The predicted molar refractivity (Wildman–Crippen MR) is 159 cm³/mol. The van der Waals surface area contributed by atoms with Gasteiger partial charge in [-0.3, -0.25) is 18.2 Å². The lowest BCUT2D eigenvalue weighted by molar-refractivity contribution is 0.0813. The molecule has 0 radical (unpaired) electrons. The van der Waals surface area contributed by atoms with Gasteiger partial charge in [-0.1, -0.05) is 51.1 Å². The highest BCUT2D eigenvalue weighted by atomic mass is 32.3. The Hall–Kier alpha value is -2.30. The van der Waals surface area contributed by atoms with Crippen LogP contribution in [0.25, 0.3) is 0 Å². The van der Waals surface area contributed by atoms with Crippen LogP contribution in [0.4, 0.5) is 11.4 Å². The number of hydrogen-bond acceptors (Lipinski definition) is 7. The number of carbonyl (C=O) groups excluding carboxylic acids is 1. The van der Waals surface area contributed by atoms with Gasteiger partial charge in [-0.05, 0) is 62.3 Å². The standard InChI is InChI=1S/C29H46N4O4S/c1-6-30-24-17-23(18-25(19-24)33-14-10-11-15-38(33,36)37)28(35)32-26(16-22-12-8-7-9-13-22)27(34)20-31-21(2)29(3,4)5/h7-9,12-13,17-19,21,26-27,30-31,34,36-37H,6,10-11,14-16,20H2,1-5H3,(H,32,35)/t21-,26+,27-/m1/s1. The number of anilines is 2. The van der Waals surface area contributed by atoms with Crippen molar-refractivity contribution in [3.8, 4) is 0 Å². The molecule has 3 atom stereocenters. The van der Waals surface area contributed by atoms with Gasteiger partial charge < -0.3 is 21.1 Å². The molecule has 1 aliphatic heterocycles. The Bertz CT molecular complexity index is 1040. The van der Waals surface area contributed by atoms with E-state index in [1.807, 2.05) is 43.3 Å². The molecule has 0 spiro atoms. The zero-order valence-corrected chi connectivity index (χ0v) is 24.2. The molecule has 0 aliphatic carbocycles. The van der Waals surface area contributed by atoms with Gasteiger partial charge >= 0.3 is 0 Å². The monoisotopic (exact) mass is 546 g/mol. The number of nitrogens with zero attached hydrogens (tertiary/aromatic N) is 1. The van der Waals surface area contributed by atoms with Crippen LogP contribution >= 0.6 is 10.8 Å². The van der Waals surface area contributed by atoms with E-state index in [1.165, 1.54) is 0 Å². The SMILES string of the molecule is CCNc1cc(C(=O)N[C@@H](Cc2ccccc2)[C@H](O)CN[C@H](C)C(C)(C)C)cc(N2CCCCS2(O)O)c1. The van der Waals surface area contributed by atoms with Gasteiger partial charge in [0, 0.05) is 36.9 Å². The van der Waals surface area contributed by atoms with Gasteiger partial charge in [-0.25, -0.2) is 0 Å². The second kappa shape index (κ2) is 13.2. The van der Waals surface area contributed by atoms with E-state index < -0.39 is 22.9 Å². The minimum atomic E-state index is -2.93. The summed E-state index contributed by atoms with van der Waals surface area (Å²) >= 11 is 0. The van der Waals surface area contributed by atoms with Gasteiger partial charge in [0.2, 0.25) is 0 Å². The molecule has 38 heavy (non-hydrogen) atoms. The second-order valence-corrected chi connectivity index (χ2v) is 13.4. The van der Waals surface area contributed by atoms with Crippen molar-refractivity contribution in [3.63, 3.8) is 0 Å². The topological polar surface area (TPSA) is 117 Å². The van der Waals surface area contributed by atoms with Crippen molar-refractivity contribution in [2.45, 2.75) is 72.1 Å². The second-order valence-electron chi connectivity index (χ2n) is 11.3. The summed E-state index contributed by atoms with van der Waals surface area (Å²) in [6, 6.07) is 14.8. The van der Waals surface area contributed by atoms with Gasteiger partial charge in [-0.2, -0.15) is 0 Å². The van der Waals surface area contributed by atoms with Crippen LogP contribution in [0.3, 0.4) is 0 Å². The average molecular weight is 547 g/mol. The predicted octanol–water partition coefficient (Wildman–Crippen LogP) is 5.11. The number of benzene rings is 2. The van der Waals surface area contributed by atoms with Gasteiger partial charge in [-0.15, -0.1) is 10.8 Å². The lowest BCUT2D eigenvalue weighted by atomic mass is 9.88. The summed E-state index contributed by atoms with van der Waals surface area (Å²) in [5, 5.41) is 20.9. The first-order valence-corrected chi connectivity index (χ1v) is 15.3. The number of aliphatic hydroxyl groups excluding tert-OH is 1. The van der Waals surface area contributed by atoms with Crippen LogP contribution in [-0.4, -0.2) is 63.7 Å². The molecule has 0 unspecified atom stereocenters. The van der Waals surface area contributed by atoms with E-state index in [-0.39, 0.29) is 17.4 Å². The first-order valence-electron chi connectivity index (χ1n) is 13.6. The normalized spacial score (nSPS) is 18.8. The molecule has 1 fully saturated rings. The molecule has 3 rings (SSSR count). The quantitative estimate of drug-likeness (QED) is 0.232. The average Bonchev–Trinajstić information content (AvgIpc) is 2.86. The number of amides is 1. The lowest BCUT2D eigenvalue weighted by Gasteiger charge is -2.47.